The van der Waals surface area contributed by atoms with Gasteiger partial charge in [0, 0.05) is 19.6 Å². The zero-order valence-electron chi connectivity index (χ0n) is 33.6. The fraction of sp³-hybridized carbons (Fsp3) is 0.192. The van der Waals surface area contributed by atoms with E-state index in [2.05, 4.69) is 211 Å². The number of fused-ring (bicyclic) bond motifs is 4. The van der Waals surface area contributed by atoms with Gasteiger partial charge in [-0.2, -0.15) is 0 Å². The largest absolute Gasteiger partial charge is 0.456 e. The third-order valence-corrected chi connectivity index (χ3v) is 15.8. The smallest absolute Gasteiger partial charge is 0.251 e. The molecule has 278 valence electrons. The Bertz CT molecular complexity index is 2510. The van der Waals surface area contributed by atoms with Crippen LogP contribution in [0.5, 0.6) is 11.5 Å². The summed E-state index contributed by atoms with van der Waals surface area (Å²) in [6.45, 7) is 16.3. The van der Waals surface area contributed by atoms with E-state index < -0.39 is 10.0 Å². The van der Waals surface area contributed by atoms with E-state index in [1.807, 2.05) is 0 Å². The van der Waals surface area contributed by atoms with Gasteiger partial charge in [-0.05, 0) is 119 Å². The predicted molar refractivity (Wildman–Crippen MR) is 239 cm³/mol. The molecule has 0 saturated heterocycles. The van der Waals surface area contributed by atoms with Crippen molar-refractivity contribution in [1.29, 1.82) is 0 Å². The van der Waals surface area contributed by atoms with Crippen LogP contribution in [0.4, 0.5) is 17.1 Å². The molecule has 0 unspecified atom stereocenters. The second kappa shape index (κ2) is 14.2. The number of aryl methyl sites for hydroxylation is 1. The van der Waals surface area contributed by atoms with Gasteiger partial charge in [0.2, 0.25) is 0 Å². The molecule has 56 heavy (non-hydrogen) atoms. The van der Waals surface area contributed by atoms with Crippen LogP contribution < -0.4 is 26.0 Å². The van der Waals surface area contributed by atoms with Crippen molar-refractivity contribution in [2.75, 3.05) is 4.90 Å². The molecule has 7 aromatic rings. The first-order chi connectivity index (χ1) is 27.2. The number of hydrogen-bond donors (Lipinski definition) is 0. The van der Waals surface area contributed by atoms with Gasteiger partial charge in [-0.1, -0.05) is 144 Å². The van der Waals surface area contributed by atoms with Crippen LogP contribution in [0.2, 0.25) is 0 Å². The Hall–Kier alpha value is -5.45. The zero-order chi connectivity index (χ0) is 38.7. The topological polar surface area (TPSA) is 12.5 Å². The van der Waals surface area contributed by atoms with Crippen LogP contribution in [0.3, 0.4) is 0 Å². The Morgan fingerprint density at radius 3 is 1.70 bits per heavy atom. The highest BCUT2D eigenvalue weighted by molar-refractivity contribution is 8.34. The van der Waals surface area contributed by atoms with E-state index in [-0.39, 0.29) is 6.71 Å². The lowest BCUT2D eigenvalue weighted by Crippen LogP contribution is -2.57. The summed E-state index contributed by atoms with van der Waals surface area (Å²) in [6.07, 6.45) is 0. The van der Waals surface area contributed by atoms with Crippen molar-refractivity contribution in [2.45, 2.75) is 85.8 Å². The van der Waals surface area contributed by atoms with Gasteiger partial charge in [-0.25, -0.2) is 0 Å². The molecule has 0 aliphatic carbocycles. The van der Waals surface area contributed by atoms with E-state index in [0.29, 0.717) is 17.8 Å². The van der Waals surface area contributed by atoms with Gasteiger partial charge in [-0.15, -0.1) is 10.0 Å². The van der Waals surface area contributed by atoms with Crippen LogP contribution in [0.1, 0.15) is 81.5 Å². The predicted octanol–water partition coefficient (Wildman–Crippen LogP) is 13.1. The summed E-state index contributed by atoms with van der Waals surface area (Å²) in [5.41, 5.74) is 12.8. The Morgan fingerprint density at radius 1 is 0.500 bits per heavy atom. The van der Waals surface area contributed by atoms with Gasteiger partial charge in [-0.3, -0.25) is 0 Å². The number of hydrogen-bond acceptors (Lipinski definition) is 2. The molecule has 2 aliphatic heterocycles. The van der Waals surface area contributed by atoms with Gasteiger partial charge in [0.05, 0.1) is 17.1 Å². The monoisotopic (exact) mass is 747 g/mol. The first-order valence-electron chi connectivity index (χ1n) is 20.2. The quantitative estimate of drug-likeness (QED) is 0.151. The van der Waals surface area contributed by atoms with E-state index in [0.717, 1.165) is 17.2 Å². The zero-order valence-corrected chi connectivity index (χ0v) is 34.4. The molecule has 0 aromatic heterocycles. The molecule has 0 radical (unpaired) electrons. The summed E-state index contributed by atoms with van der Waals surface area (Å²) in [6, 6.07) is 59.1. The van der Waals surface area contributed by atoms with Crippen molar-refractivity contribution < 1.29 is 4.74 Å². The third-order valence-electron chi connectivity index (χ3n) is 11.8. The van der Waals surface area contributed by atoms with Crippen molar-refractivity contribution in [3.63, 3.8) is 0 Å². The van der Waals surface area contributed by atoms with E-state index in [4.69, 9.17) is 4.74 Å². The Morgan fingerprint density at radius 2 is 1.05 bits per heavy atom. The minimum absolute atomic E-state index is 0.0155. The summed E-state index contributed by atoms with van der Waals surface area (Å²) in [7, 11) is -1.88. The average Bonchev–Trinajstić information content (AvgIpc) is 3.22. The molecule has 0 atom stereocenters. The second-order valence-electron chi connectivity index (χ2n) is 16.4. The van der Waals surface area contributed by atoms with Gasteiger partial charge in [0.25, 0.3) is 6.71 Å². The standard InChI is InChI=1S/C52H50BNOS/c1-34(2)38-32-41(35(3)4)51(42(33-38)36(5)6)53-43-23-14-16-27-48(43)55-52-44(53)24-18-26-47(52)54-45-25-15-17-28-49(45)56(39-19-10-8-11-20-39,40-21-12-9-13-22-40)50-31-37(7)29-30-46(50)54/h8-36H,1-7H3. The third kappa shape index (κ3) is 5.64. The summed E-state index contributed by atoms with van der Waals surface area (Å²) in [4.78, 5) is 7.83. The fourth-order valence-corrected chi connectivity index (χ4v) is 13.4. The van der Waals surface area contributed by atoms with Crippen LogP contribution in [-0.2, 0) is 0 Å². The van der Waals surface area contributed by atoms with Crippen LogP contribution in [0.25, 0.3) is 0 Å². The molecular weight excluding hydrogens is 697 g/mol. The van der Waals surface area contributed by atoms with Crippen LogP contribution in [0, 0.1) is 6.92 Å². The lowest BCUT2D eigenvalue weighted by molar-refractivity contribution is 0.488. The van der Waals surface area contributed by atoms with Crippen LogP contribution in [-0.4, -0.2) is 6.71 Å². The molecule has 0 saturated carbocycles. The Labute approximate surface area is 335 Å². The molecule has 0 spiro atoms. The summed E-state index contributed by atoms with van der Waals surface area (Å²) >= 11 is 0. The highest BCUT2D eigenvalue weighted by atomic mass is 32.3. The molecule has 2 nitrogen and oxygen atoms in total. The number of rotatable bonds is 7. The van der Waals surface area contributed by atoms with Gasteiger partial charge in [0.1, 0.15) is 11.5 Å². The summed E-state index contributed by atoms with van der Waals surface area (Å²) < 4.78 is 7.22. The second-order valence-corrected chi connectivity index (χ2v) is 19.4. The molecule has 2 aliphatic rings. The molecule has 0 bridgehead atoms. The number of benzene rings is 7. The maximum Gasteiger partial charge on any atom is 0.251 e. The van der Waals surface area contributed by atoms with Crippen molar-refractivity contribution in [1.82, 2.24) is 0 Å². The number of nitrogens with zero attached hydrogens (tertiary/aromatic N) is 1. The van der Waals surface area contributed by atoms with E-state index in [1.165, 1.54) is 69.6 Å². The van der Waals surface area contributed by atoms with Crippen molar-refractivity contribution in [3.05, 3.63) is 180 Å². The van der Waals surface area contributed by atoms with Crippen LogP contribution in [0.15, 0.2) is 177 Å². The fourth-order valence-electron chi connectivity index (χ4n) is 9.16. The maximum atomic E-state index is 7.22. The van der Waals surface area contributed by atoms with Crippen molar-refractivity contribution >= 4 is 50.2 Å². The first kappa shape index (κ1) is 36.2. The van der Waals surface area contributed by atoms with E-state index >= 15 is 0 Å². The van der Waals surface area contributed by atoms with Gasteiger partial charge in [0.15, 0.2) is 0 Å². The normalized spacial score (nSPS) is 14.5. The lowest BCUT2D eigenvalue weighted by atomic mass is 9.33. The minimum atomic E-state index is -1.88. The lowest BCUT2D eigenvalue weighted by Gasteiger charge is -2.50. The molecule has 0 amide bonds. The number of ether oxygens (including phenoxy) is 1. The molecule has 2 heterocycles. The number of para-hydroxylation sites is 3. The summed E-state index contributed by atoms with van der Waals surface area (Å²) in [5.74, 6) is 3.02. The molecule has 4 heteroatoms. The molecule has 0 N–H and O–H groups in total. The SMILES string of the molecule is Cc1ccc2c(c1)S(c1ccccc1)(c1ccccc1)c1ccccc1N2c1cccc2c1Oc1ccccc1B2c1c(C(C)C)cc(C(C)C)cc1C(C)C. The highest BCUT2D eigenvalue weighted by Gasteiger charge is 2.45. The summed E-state index contributed by atoms with van der Waals surface area (Å²) in [5, 5.41) is 0. The van der Waals surface area contributed by atoms with Gasteiger partial charge >= 0.3 is 0 Å². The Kier molecular flexibility index (Phi) is 9.21. The van der Waals surface area contributed by atoms with Crippen molar-refractivity contribution in [3.8, 4) is 11.5 Å². The van der Waals surface area contributed by atoms with Crippen LogP contribution >= 0.6 is 10.0 Å². The van der Waals surface area contributed by atoms with Gasteiger partial charge < -0.3 is 9.64 Å². The van der Waals surface area contributed by atoms with E-state index in [1.54, 1.807) is 0 Å². The maximum absolute atomic E-state index is 7.22. The number of anilines is 3. The Balaban J connectivity index is 1.35. The minimum Gasteiger partial charge on any atom is -0.456 e. The van der Waals surface area contributed by atoms with Crippen molar-refractivity contribution in [2.24, 2.45) is 0 Å². The average molecular weight is 748 g/mol. The van der Waals surface area contributed by atoms with E-state index in [9.17, 15) is 0 Å². The molecule has 0 fully saturated rings. The molecular formula is C52H50BNOS. The first-order valence-corrected chi connectivity index (χ1v) is 21.8. The molecule has 9 rings (SSSR count). The molecule has 7 aromatic carbocycles. The highest BCUT2D eigenvalue weighted by Crippen LogP contribution is 2.79.